The summed E-state index contributed by atoms with van der Waals surface area (Å²) in [5.41, 5.74) is 11.2. The van der Waals surface area contributed by atoms with Gasteiger partial charge in [-0.3, -0.25) is 0 Å². The highest BCUT2D eigenvalue weighted by Gasteiger charge is 2.05. The summed E-state index contributed by atoms with van der Waals surface area (Å²) in [6.45, 7) is 4.03. The summed E-state index contributed by atoms with van der Waals surface area (Å²) in [6.07, 6.45) is 0. The number of hydrogen-bond donors (Lipinski definition) is 1. The van der Waals surface area contributed by atoms with Crippen molar-refractivity contribution in [3.05, 3.63) is 41.0 Å². The maximum atomic E-state index is 5.80. The van der Waals surface area contributed by atoms with Gasteiger partial charge in [0.2, 0.25) is 0 Å². The van der Waals surface area contributed by atoms with Gasteiger partial charge in [-0.05, 0) is 25.0 Å². The minimum Gasteiger partial charge on any atom is -0.324 e. The molecule has 2 N–H and O–H groups in total. The molecule has 0 saturated heterocycles. The van der Waals surface area contributed by atoms with Crippen molar-refractivity contribution in [2.75, 3.05) is 0 Å². The van der Waals surface area contributed by atoms with Gasteiger partial charge in [0, 0.05) is 6.04 Å². The molecule has 0 spiro atoms. The third kappa shape index (κ3) is 2.61. The van der Waals surface area contributed by atoms with Crippen LogP contribution in [-0.2, 0) is 0 Å². The number of hydrogen-bond acceptors (Lipinski definition) is 3. The summed E-state index contributed by atoms with van der Waals surface area (Å²) >= 11 is 1.67. The van der Waals surface area contributed by atoms with Crippen LogP contribution in [-0.4, -0.2) is 4.98 Å². The number of nitrogens with two attached hydrogens (primary N) is 1. The van der Waals surface area contributed by atoms with Crippen molar-refractivity contribution in [1.29, 1.82) is 0 Å². The van der Waals surface area contributed by atoms with Crippen molar-refractivity contribution in [3.63, 3.8) is 0 Å². The molecule has 0 unspecified atom stereocenters. The lowest BCUT2D eigenvalue weighted by Gasteiger charge is -2.06. The molecular weight excluding hydrogens is 240 g/mol. The number of rotatable bonds is 2. The van der Waals surface area contributed by atoms with Gasteiger partial charge in [-0.1, -0.05) is 24.3 Å². The zero-order valence-corrected chi connectivity index (χ0v) is 10.9. The zero-order valence-electron chi connectivity index (χ0n) is 9.31. The molecule has 0 saturated carbocycles. The standard InChI is InChI=1S/C12H14N2S.ClH/c1-8(13)10-3-5-11(6-4-10)12-9(2)14-7-15-12;/h3-8H,13H2,1-2H3;1H/t8-;/m0./s1. The highest BCUT2D eigenvalue weighted by molar-refractivity contribution is 7.13. The van der Waals surface area contributed by atoms with Gasteiger partial charge < -0.3 is 5.73 Å². The van der Waals surface area contributed by atoms with Gasteiger partial charge in [0.15, 0.2) is 0 Å². The van der Waals surface area contributed by atoms with Crippen LogP contribution in [0.2, 0.25) is 0 Å². The molecule has 2 aromatic rings. The second-order valence-electron chi connectivity index (χ2n) is 3.68. The Morgan fingerprint density at radius 2 is 1.88 bits per heavy atom. The molecule has 2 nitrogen and oxygen atoms in total. The summed E-state index contributed by atoms with van der Waals surface area (Å²) < 4.78 is 0. The summed E-state index contributed by atoms with van der Waals surface area (Å²) in [7, 11) is 0. The average molecular weight is 255 g/mol. The maximum absolute atomic E-state index is 5.80. The zero-order chi connectivity index (χ0) is 10.8. The van der Waals surface area contributed by atoms with E-state index in [1.165, 1.54) is 16.0 Å². The van der Waals surface area contributed by atoms with E-state index >= 15 is 0 Å². The minimum absolute atomic E-state index is 0. The monoisotopic (exact) mass is 254 g/mol. The first-order chi connectivity index (χ1) is 7.18. The van der Waals surface area contributed by atoms with E-state index < -0.39 is 0 Å². The number of benzene rings is 1. The third-order valence-corrected chi connectivity index (χ3v) is 3.42. The van der Waals surface area contributed by atoms with Crippen molar-refractivity contribution >= 4 is 23.7 Å². The van der Waals surface area contributed by atoms with E-state index in [0.717, 1.165) is 5.69 Å². The molecule has 16 heavy (non-hydrogen) atoms. The van der Waals surface area contributed by atoms with E-state index in [1.807, 2.05) is 19.4 Å². The Labute approximate surface area is 106 Å². The van der Waals surface area contributed by atoms with Gasteiger partial charge in [-0.25, -0.2) is 4.98 Å². The number of aromatic nitrogens is 1. The van der Waals surface area contributed by atoms with Crippen molar-refractivity contribution in [2.45, 2.75) is 19.9 Å². The van der Waals surface area contributed by atoms with Gasteiger partial charge in [0.05, 0.1) is 16.1 Å². The molecule has 0 aliphatic heterocycles. The van der Waals surface area contributed by atoms with E-state index in [4.69, 9.17) is 5.73 Å². The number of thiazole rings is 1. The molecule has 0 aliphatic rings. The van der Waals surface area contributed by atoms with E-state index in [9.17, 15) is 0 Å². The topological polar surface area (TPSA) is 38.9 Å². The van der Waals surface area contributed by atoms with Crippen LogP contribution < -0.4 is 5.73 Å². The molecule has 0 fully saturated rings. The summed E-state index contributed by atoms with van der Waals surface area (Å²) in [5, 5.41) is 0. The van der Waals surface area contributed by atoms with Crippen LogP contribution in [0.15, 0.2) is 29.8 Å². The maximum Gasteiger partial charge on any atom is 0.0801 e. The van der Waals surface area contributed by atoms with Crippen LogP contribution in [0.25, 0.3) is 10.4 Å². The molecule has 1 atom stereocenters. The first kappa shape index (κ1) is 13.2. The molecule has 0 radical (unpaired) electrons. The minimum atomic E-state index is 0. The smallest absolute Gasteiger partial charge is 0.0801 e. The summed E-state index contributed by atoms with van der Waals surface area (Å²) in [6, 6.07) is 8.48. The Morgan fingerprint density at radius 3 is 2.31 bits per heavy atom. The second-order valence-corrected chi connectivity index (χ2v) is 4.53. The SMILES string of the molecule is Cc1ncsc1-c1ccc([C@H](C)N)cc1.Cl. The van der Waals surface area contributed by atoms with Crippen LogP contribution in [0.1, 0.15) is 24.2 Å². The van der Waals surface area contributed by atoms with E-state index in [-0.39, 0.29) is 18.4 Å². The van der Waals surface area contributed by atoms with E-state index in [0.29, 0.717) is 0 Å². The molecular formula is C12H15ClN2S. The third-order valence-electron chi connectivity index (χ3n) is 2.44. The van der Waals surface area contributed by atoms with Crippen molar-refractivity contribution in [1.82, 2.24) is 4.98 Å². The quantitative estimate of drug-likeness (QED) is 0.890. The Balaban J connectivity index is 0.00000128. The number of aryl methyl sites for hydroxylation is 1. The fraction of sp³-hybridized carbons (Fsp3) is 0.250. The second kappa shape index (κ2) is 5.43. The first-order valence-corrected chi connectivity index (χ1v) is 5.82. The lowest BCUT2D eigenvalue weighted by atomic mass is 10.1. The van der Waals surface area contributed by atoms with Crippen LogP contribution in [0.3, 0.4) is 0 Å². The highest BCUT2D eigenvalue weighted by atomic mass is 35.5. The Morgan fingerprint density at radius 1 is 1.25 bits per heavy atom. The molecule has 0 bridgehead atoms. The molecule has 1 heterocycles. The summed E-state index contributed by atoms with van der Waals surface area (Å²) in [4.78, 5) is 5.49. The summed E-state index contributed by atoms with van der Waals surface area (Å²) in [5.74, 6) is 0. The van der Waals surface area contributed by atoms with E-state index in [1.54, 1.807) is 11.3 Å². The fourth-order valence-corrected chi connectivity index (χ4v) is 2.33. The molecule has 2 rings (SSSR count). The predicted octanol–water partition coefficient (Wildman–Crippen LogP) is 3.56. The largest absolute Gasteiger partial charge is 0.324 e. The first-order valence-electron chi connectivity index (χ1n) is 4.94. The van der Waals surface area contributed by atoms with Crippen LogP contribution in [0, 0.1) is 6.92 Å². The highest BCUT2D eigenvalue weighted by Crippen LogP contribution is 2.27. The van der Waals surface area contributed by atoms with Gasteiger partial charge in [0.25, 0.3) is 0 Å². The van der Waals surface area contributed by atoms with Crippen molar-refractivity contribution in [2.24, 2.45) is 5.73 Å². The average Bonchev–Trinajstić information content (AvgIpc) is 2.65. The molecule has 1 aromatic heterocycles. The number of nitrogens with zero attached hydrogens (tertiary/aromatic N) is 1. The van der Waals surface area contributed by atoms with Crippen molar-refractivity contribution < 1.29 is 0 Å². The van der Waals surface area contributed by atoms with Crippen molar-refractivity contribution in [3.8, 4) is 10.4 Å². The fourth-order valence-electron chi connectivity index (χ4n) is 1.52. The van der Waals surface area contributed by atoms with Gasteiger partial charge >= 0.3 is 0 Å². The number of halogens is 1. The normalized spacial score (nSPS) is 11.9. The Hall–Kier alpha value is -0.900. The van der Waals surface area contributed by atoms with Crippen LogP contribution in [0.4, 0.5) is 0 Å². The molecule has 0 aliphatic carbocycles. The lowest BCUT2D eigenvalue weighted by molar-refractivity contribution is 0.818. The molecule has 86 valence electrons. The molecule has 1 aromatic carbocycles. The predicted molar refractivity (Wildman–Crippen MR) is 72.1 cm³/mol. The van der Waals surface area contributed by atoms with Gasteiger partial charge in [0.1, 0.15) is 0 Å². The van der Waals surface area contributed by atoms with Gasteiger partial charge in [-0.2, -0.15) is 0 Å². The Kier molecular flexibility index (Phi) is 4.47. The van der Waals surface area contributed by atoms with Gasteiger partial charge in [-0.15, -0.1) is 23.7 Å². The Bertz CT molecular complexity index is 448. The molecule has 0 amide bonds. The van der Waals surface area contributed by atoms with Crippen LogP contribution >= 0.6 is 23.7 Å². The van der Waals surface area contributed by atoms with E-state index in [2.05, 4.69) is 29.2 Å². The molecule has 4 heteroatoms. The van der Waals surface area contributed by atoms with Crippen LogP contribution in [0.5, 0.6) is 0 Å². The lowest BCUT2D eigenvalue weighted by Crippen LogP contribution is -2.04.